The molecule has 2 aliphatic rings. The number of carbonyl (C=O) groups is 2. The predicted molar refractivity (Wildman–Crippen MR) is 81.2 cm³/mol. The van der Waals surface area contributed by atoms with Crippen molar-refractivity contribution in [2.45, 2.75) is 25.7 Å². The Morgan fingerprint density at radius 3 is 2.86 bits per heavy atom. The molecule has 2 aliphatic heterocycles. The van der Waals surface area contributed by atoms with Crippen LogP contribution >= 0.6 is 0 Å². The number of amides is 1. The maximum Gasteiger partial charge on any atom is 0.407 e. The molecule has 0 atom stereocenters. The van der Waals surface area contributed by atoms with E-state index in [1.807, 2.05) is 18.2 Å². The molecule has 1 aromatic rings. The van der Waals surface area contributed by atoms with Crippen molar-refractivity contribution in [2.24, 2.45) is 5.92 Å². The number of nitrogens with zero attached hydrogens (tertiary/aromatic N) is 1. The fourth-order valence-corrected chi connectivity index (χ4v) is 3.07. The highest BCUT2D eigenvalue weighted by atomic mass is 16.5. The van der Waals surface area contributed by atoms with Crippen molar-refractivity contribution in [2.75, 3.05) is 25.0 Å². The van der Waals surface area contributed by atoms with E-state index in [2.05, 4.69) is 5.32 Å². The summed E-state index contributed by atoms with van der Waals surface area (Å²) in [7, 11) is 0. The van der Waals surface area contributed by atoms with Crippen LogP contribution in [0.3, 0.4) is 0 Å². The molecule has 0 radical (unpaired) electrons. The van der Waals surface area contributed by atoms with Crippen LogP contribution in [0.1, 0.15) is 24.8 Å². The number of hydrogen-bond donors (Lipinski definition) is 2. The third-order valence-electron chi connectivity index (χ3n) is 4.42. The molecule has 1 aromatic carbocycles. The van der Waals surface area contributed by atoms with Gasteiger partial charge < -0.3 is 20.1 Å². The van der Waals surface area contributed by atoms with Gasteiger partial charge in [-0.15, -0.1) is 0 Å². The summed E-state index contributed by atoms with van der Waals surface area (Å²) in [6.07, 6.45) is 3.08. The number of carboxylic acid groups (broad SMARTS) is 1. The van der Waals surface area contributed by atoms with Gasteiger partial charge in [0.25, 0.3) is 0 Å². The van der Waals surface area contributed by atoms with Gasteiger partial charge in [-0.2, -0.15) is 0 Å². The Balaban J connectivity index is 1.52. The maximum atomic E-state index is 11.2. The van der Waals surface area contributed by atoms with Crippen molar-refractivity contribution in [3.8, 4) is 5.75 Å². The van der Waals surface area contributed by atoms with E-state index >= 15 is 0 Å². The number of likely N-dealkylation sites (tertiary alicyclic amines) is 1. The molecule has 3 rings (SSSR count). The zero-order valence-electron chi connectivity index (χ0n) is 12.4. The van der Waals surface area contributed by atoms with Crippen LogP contribution in [-0.2, 0) is 11.2 Å². The van der Waals surface area contributed by atoms with Gasteiger partial charge in [0.2, 0.25) is 0 Å². The minimum atomic E-state index is -0.811. The van der Waals surface area contributed by atoms with Crippen molar-refractivity contribution >= 4 is 17.7 Å². The fourth-order valence-electron chi connectivity index (χ4n) is 3.07. The van der Waals surface area contributed by atoms with Crippen LogP contribution in [0.25, 0.3) is 0 Å². The first-order valence-electron chi connectivity index (χ1n) is 7.67. The number of esters is 1. The second-order valence-electron chi connectivity index (χ2n) is 5.91. The van der Waals surface area contributed by atoms with Crippen molar-refractivity contribution in [1.29, 1.82) is 0 Å². The Hall–Kier alpha value is -2.24. The van der Waals surface area contributed by atoms with Crippen LogP contribution < -0.4 is 10.1 Å². The van der Waals surface area contributed by atoms with E-state index in [1.54, 1.807) is 0 Å². The van der Waals surface area contributed by atoms with Crippen LogP contribution in [0.5, 0.6) is 5.75 Å². The SMILES string of the molecule is O=C1CNc2cc(CCC3CCN(C(=O)O)CC3)ccc2O1. The number of carbonyl (C=O) groups excluding carboxylic acids is 1. The van der Waals surface area contributed by atoms with Gasteiger partial charge >= 0.3 is 12.1 Å². The van der Waals surface area contributed by atoms with Crippen molar-refractivity contribution < 1.29 is 19.4 Å². The maximum absolute atomic E-state index is 11.2. The van der Waals surface area contributed by atoms with Gasteiger partial charge in [-0.3, -0.25) is 0 Å². The molecule has 6 nitrogen and oxygen atoms in total. The first-order valence-corrected chi connectivity index (χ1v) is 7.67. The molecular weight excluding hydrogens is 284 g/mol. The van der Waals surface area contributed by atoms with Crippen molar-refractivity contribution in [1.82, 2.24) is 4.90 Å². The van der Waals surface area contributed by atoms with Crippen molar-refractivity contribution in [3.63, 3.8) is 0 Å². The second-order valence-corrected chi connectivity index (χ2v) is 5.91. The van der Waals surface area contributed by atoms with E-state index in [9.17, 15) is 9.59 Å². The molecule has 0 aliphatic carbocycles. The molecule has 0 saturated carbocycles. The standard InChI is InChI=1S/C16H20N2O4/c19-15-10-17-13-9-12(3-4-14(13)22-15)2-1-11-5-7-18(8-6-11)16(20)21/h3-4,9,11,17H,1-2,5-8,10H2,(H,20,21). The van der Waals surface area contributed by atoms with E-state index in [1.165, 1.54) is 10.5 Å². The number of rotatable bonds is 3. The molecule has 118 valence electrons. The number of hydrogen-bond acceptors (Lipinski definition) is 4. The lowest BCUT2D eigenvalue weighted by Crippen LogP contribution is -2.37. The van der Waals surface area contributed by atoms with Gasteiger partial charge in [0.1, 0.15) is 6.54 Å². The Kier molecular flexibility index (Phi) is 4.18. The highest BCUT2D eigenvalue weighted by Gasteiger charge is 2.22. The number of benzene rings is 1. The highest BCUT2D eigenvalue weighted by molar-refractivity contribution is 5.83. The number of fused-ring (bicyclic) bond motifs is 1. The number of anilines is 1. The lowest BCUT2D eigenvalue weighted by atomic mass is 9.90. The Morgan fingerprint density at radius 1 is 1.36 bits per heavy atom. The molecule has 6 heteroatoms. The predicted octanol–water partition coefficient (Wildman–Crippen LogP) is 2.34. The third kappa shape index (κ3) is 3.32. The molecule has 2 N–H and O–H groups in total. The molecule has 22 heavy (non-hydrogen) atoms. The number of piperidine rings is 1. The van der Waals surface area contributed by atoms with Gasteiger partial charge in [-0.25, -0.2) is 9.59 Å². The first-order chi connectivity index (χ1) is 10.6. The summed E-state index contributed by atoms with van der Waals surface area (Å²) in [5, 5.41) is 12.0. The zero-order chi connectivity index (χ0) is 15.5. The normalized spacial score (nSPS) is 18.4. The third-order valence-corrected chi connectivity index (χ3v) is 4.42. The highest BCUT2D eigenvalue weighted by Crippen LogP contribution is 2.30. The number of nitrogens with one attached hydrogen (secondary N) is 1. The zero-order valence-corrected chi connectivity index (χ0v) is 12.4. The first kappa shape index (κ1) is 14.7. The van der Waals surface area contributed by atoms with Crippen LogP contribution in [0.2, 0.25) is 0 Å². The van der Waals surface area contributed by atoms with Crippen LogP contribution in [-0.4, -0.2) is 41.7 Å². The van der Waals surface area contributed by atoms with Gasteiger partial charge in [0.05, 0.1) is 5.69 Å². The van der Waals surface area contributed by atoms with Crippen molar-refractivity contribution in [3.05, 3.63) is 23.8 Å². The summed E-state index contributed by atoms with van der Waals surface area (Å²) in [6.45, 7) is 1.49. The minimum absolute atomic E-state index is 0.212. The van der Waals surface area contributed by atoms with Gasteiger partial charge in [0.15, 0.2) is 5.75 Å². The molecule has 1 saturated heterocycles. The molecule has 2 heterocycles. The quantitative estimate of drug-likeness (QED) is 0.662. The Labute approximate surface area is 129 Å². The monoisotopic (exact) mass is 304 g/mol. The van der Waals surface area contributed by atoms with E-state index < -0.39 is 6.09 Å². The molecule has 0 aromatic heterocycles. The van der Waals surface area contributed by atoms with Gasteiger partial charge in [-0.1, -0.05) is 6.07 Å². The Morgan fingerprint density at radius 2 is 2.14 bits per heavy atom. The van der Waals surface area contributed by atoms with E-state index in [0.29, 0.717) is 24.8 Å². The smallest absolute Gasteiger partial charge is 0.407 e. The fraction of sp³-hybridized carbons (Fsp3) is 0.500. The summed E-state index contributed by atoms with van der Waals surface area (Å²) >= 11 is 0. The van der Waals surface area contributed by atoms with Crippen LogP contribution in [0.15, 0.2) is 18.2 Å². The molecule has 0 bridgehead atoms. The average Bonchev–Trinajstić information content (AvgIpc) is 2.53. The summed E-state index contributed by atoms with van der Waals surface area (Å²) in [5.41, 5.74) is 2.09. The van der Waals surface area contributed by atoms with Crippen LogP contribution in [0, 0.1) is 5.92 Å². The summed E-state index contributed by atoms with van der Waals surface area (Å²) < 4.78 is 5.15. The lowest BCUT2D eigenvalue weighted by molar-refractivity contribution is -0.132. The second kappa shape index (κ2) is 6.25. The van der Waals surface area contributed by atoms with E-state index in [4.69, 9.17) is 9.84 Å². The molecule has 0 unspecified atom stereocenters. The minimum Gasteiger partial charge on any atom is -0.465 e. The van der Waals surface area contributed by atoms with Gasteiger partial charge in [-0.05, 0) is 49.3 Å². The van der Waals surface area contributed by atoms with E-state index in [0.717, 1.165) is 31.4 Å². The lowest BCUT2D eigenvalue weighted by Gasteiger charge is -2.30. The molecule has 0 spiro atoms. The topological polar surface area (TPSA) is 78.9 Å². The van der Waals surface area contributed by atoms with Crippen LogP contribution in [0.4, 0.5) is 10.5 Å². The molecule has 1 fully saturated rings. The average molecular weight is 304 g/mol. The summed E-state index contributed by atoms with van der Waals surface area (Å²) in [4.78, 5) is 23.6. The molecular formula is C16H20N2O4. The van der Waals surface area contributed by atoms with E-state index in [-0.39, 0.29) is 12.5 Å². The largest absolute Gasteiger partial charge is 0.465 e. The Bertz CT molecular complexity index is 580. The van der Waals surface area contributed by atoms with Gasteiger partial charge in [0, 0.05) is 13.1 Å². The summed E-state index contributed by atoms with van der Waals surface area (Å²) in [6, 6.07) is 5.86. The summed E-state index contributed by atoms with van der Waals surface area (Å²) in [5.74, 6) is 0.914. The number of aryl methyl sites for hydroxylation is 1. The number of ether oxygens (including phenoxy) is 1. The molecule has 1 amide bonds.